The summed E-state index contributed by atoms with van der Waals surface area (Å²) in [6.45, 7) is 4.88. The SMILES string of the molecule is NCc1cc(CCN2CCOCC2)ccc1F. The molecule has 1 fully saturated rings. The maximum Gasteiger partial charge on any atom is 0.127 e. The van der Waals surface area contributed by atoms with Crippen molar-refractivity contribution in [3.05, 3.63) is 35.1 Å². The van der Waals surface area contributed by atoms with Gasteiger partial charge < -0.3 is 10.5 Å². The first-order chi connectivity index (χ1) is 8.29. The van der Waals surface area contributed by atoms with Crippen molar-refractivity contribution in [2.45, 2.75) is 13.0 Å². The first-order valence-corrected chi connectivity index (χ1v) is 6.07. The van der Waals surface area contributed by atoms with Gasteiger partial charge in [0.2, 0.25) is 0 Å². The Morgan fingerprint density at radius 3 is 2.76 bits per heavy atom. The molecule has 0 aliphatic carbocycles. The summed E-state index contributed by atoms with van der Waals surface area (Å²) in [5.41, 5.74) is 7.24. The number of morpholine rings is 1. The van der Waals surface area contributed by atoms with E-state index < -0.39 is 0 Å². The summed E-state index contributed by atoms with van der Waals surface area (Å²) >= 11 is 0. The molecule has 1 heterocycles. The molecule has 2 rings (SSSR count). The lowest BCUT2D eigenvalue weighted by atomic mass is 10.1. The number of ether oxygens (including phenoxy) is 1. The third-order valence-electron chi connectivity index (χ3n) is 3.15. The van der Waals surface area contributed by atoms with Gasteiger partial charge in [-0.25, -0.2) is 4.39 Å². The third kappa shape index (κ3) is 3.49. The second kappa shape index (κ2) is 6.10. The van der Waals surface area contributed by atoms with E-state index >= 15 is 0 Å². The van der Waals surface area contributed by atoms with Gasteiger partial charge in [-0.1, -0.05) is 12.1 Å². The van der Waals surface area contributed by atoms with Gasteiger partial charge in [-0.2, -0.15) is 0 Å². The van der Waals surface area contributed by atoms with Crippen LogP contribution in [0.2, 0.25) is 0 Å². The van der Waals surface area contributed by atoms with Crippen LogP contribution in [-0.2, 0) is 17.7 Å². The fourth-order valence-corrected chi connectivity index (χ4v) is 2.05. The maximum atomic E-state index is 13.3. The lowest BCUT2D eigenvalue weighted by Gasteiger charge is -2.26. The molecule has 1 aromatic carbocycles. The van der Waals surface area contributed by atoms with Crippen LogP contribution < -0.4 is 5.73 Å². The smallest absolute Gasteiger partial charge is 0.127 e. The normalized spacial score (nSPS) is 17.3. The molecule has 1 aliphatic heterocycles. The van der Waals surface area contributed by atoms with Gasteiger partial charge in [-0.15, -0.1) is 0 Å². The average molecular weight is 238 g/mol. The van der Waals surface area contributed by atoms with Gasteiger partial charge in [0.15, 0.2) is 0 Å². The highest BCUT2D eigenvalue weighted by Gasteiger charge is 2.10. The molecule has 1 saturated heterocycles. The van der Waals surface area contributed by atoms with E-state index in [2.05, 4.69) is 4.90 Å². The number of nitrogens with two attached hydrogens (primary N) is 1. The molecule has 0 radical (unpaired) electrons. The molecule has 0 amide bonds. The van der Waals surface area contributed by atoms with Crippen molar-refractivity contribution in [3.63, 3.8) is 0 Å². The van der Waals surface area contributed by atoms with E-state index in [9.17, 15) is 4.39 Å². The number of rotatable bonds is 4. The molecule has 0 saturated carbocycles. The van der Waals surface area contributed by atoms with Crippen molar-refractivity contribution in [1.82, 2.24) is 4.90 Å². The monoisotopic (exact) mass is 238 g/mol. The minimum Gasteiger partial charge on any atom is -0.379 e. The minimum absolute atomic E-state index is 0.206. The summed E-state index contributed by atoms with van der Waals surface area (Å²) in [5.74, 6) is -0.206. The summed E-state index contributed by atoms with van der Waals surface area (Å²) in [6.07, 6.45) is 0.938. The summed E-state index contributed by atoms with van der Waals surface area (Å²) in [6, 6.07) is 5.22. The summed E-state index contributed by atoms with van der Waals surface area (Å²) in [4.78, 5) is 2.37. The Morgan fingerprint density at radius 2 is 2.06 bits per heavy atom. The standard InChI is InChI=1S/C13H19FN2O/c14-13-2-1-11(9-12(13)10-15)3-4-16-5-7-17-8-6-16/h1-2,9H,3-8,10,15H2. The van der Waals surface area contributed by atoms with Crippen molar-refractivity contribution < 1.29 is 9.13 Å². The van der Waals surface area contributed by atoms with Crippen LogP contribution in [0.3, 0.4) is 0 Å². The Balaban J connectivity index is 1.89. The minimum atomic E-state index is -0.206. The van der Waals surface area contributed by atoms with Gasteiger partial charge in [0, 0.05) is 31.7 Å². The number of hydrogen-bond acceptors (Lipinski definition) is 3. The van der Waals surface area contributed by atoms with Crippen LogP contribution in [0.5, 0.6) is 0 Å². The van der Waals surface area contributed by atoms with Crippen LogP contribution in [0, 0.1) is 5.82 Å². The van der Waals surface area contributed by atoms with E-state index in [1.54, 1.807) is 0 Å². The number of benzene rings is 1. The molecule has 0 bridgehead atoms. The summed E-state index contributed by atoms with van der Waals surface area (Å²) < 4.78 is 18.6. The van der Waals surface area contributed by atoms with E-state index in [4.69, 9.17) is 10.5 Å². The van der Waals surface area contributed by atoms with Gasteiger partial charge in [-0.05, 0) is 18.1 Å². The largest absolute Gasteiger partial charge is 0.379 e. The van der Waals surface area contributed by atoms with Crippen LogP contribution in [0.15, 0.2) is 18.2 Å². The van der Waals surface area contributed by atoms with Gasteiger partial charge >= 0.3 is 0 Å². The molecule has 17 heavy (non-hydrogen) atoms. The Morgan fingerprint density at radius 1 is 1.29 bits per heavy atom. The second-order valence-corrected chi connectivity index (χ2v) is 4.33. The molecular weight excluding hydrogens is 219 g/mol. The molecule has 94 valence electrons. The van der Waals surface area contributed by atoms with Crippen LogP contribution in [0.25, 0.3) is 0 Å². The first kappa shape index (κ1) is 12.5. The Kier molecular flexibility index (Phi) is 4.48. The fraction of sp³-hybridized carbons (Fsp3) is 0.538. The predicted octanol–water partition coefficient (Wildman–Crippen LogP) is 1.16. The van der Waals surface area contributed by atoms with Crippen LogP contribution in [-0.4, -0.2) is 37.7 Å². The Labute approximate surface area is 101 Å². The van der Waals surface area contributed by atoms with Crippen LogP contribution in [0.4, 0.5) is 4.39 Å². The zero-order valence-electron chi connectivity index (χ0n) is 9.99. The molecule has 0 spiro atoms. The van der Waals surface area contributed by atoms with Crippen molar-refractivity contribution in [1.29, 1.82) is 0 Å². The van der Waals surface area contributed by atoms with Crippen LogP contribution in [0.1, 0.15) is 11.1 Å². The lowest BCUT2D eigenvalue weighted by molar-refractivity contribution is 0.0384. The second-order valence-electron chi connectivity index (χ2n) is 4.33. The van der Waals surface area contributed by atoms with Gasteiger partial charge in [0.25, 0.3) is 0 Å². The third-order valence-corrected chi connectivity index (χ3v) is 3.15. The Bertz CT molecular complexity index is 364. The maximum absolute atomic E-state index is 13.3. The lowest BCUT2D eigenvalue weighted by Crippen LogP contribution is -2.37. The molecular formula is C13H19FN2O. The number of nitrogens with zero attached hydrogens (tertiary/aromatic N) is 1. The predicted molar refractivity (Wildman–Crippen MR) is 65.3 cm³/mol. The topological polar surface area (TPSA) is 38.5 Å². The highest BCUT2D eigenvalue weighted by molar-refractivity contribution is 5.25. The molecule has 3 nitrogen and oxygen atoms in total. The number of halogens is 1. The quantitative estimate of drug-likeness (QED) is 0.855. The molecule has 2 N–H and O–H groups in total. The van der Waals surface area contributed by atoms with Crippen molar-refractivity contribution >= 4 is 0 Å². The molecule has 1 aromatic rings. The Hall–Kier alpha value is -0.970. The van der Waals surface area contributed by atoms with Crippen LogP contribution >= 0.6 is 0 Å². The molecule has 0 unspecified atom stereocenters. The zero-order chi connectivity index (χ0) is 12.1. The van der Waals surface area contributed by atoms with E-state index in [0.717, 1.165) is 44.8 Å². The van der Waals surface area contributed by atoms with Gasteiger partial charge in [0.05, 0.1) is 13.2 Å². The van der Waals surface area contributed by atoms with Gasteiger partial charge in [0.1, 0.15) is 5.82 Å². The summed E-state index contributed by atoms with van der Waals surface area (Å²) in [5, 5.41) is 0. The zero-order valence-corrected chi connectivity index (χ0v) is 9.99. The van der Waals surface area contributed by atoms with E-state index in [1.807, 2.05) is 12.1 Å². The molecule has 0 aromatic heterocycles. The molecule has 1 aliphatic rings. The fourth-order valence-electron chi connectivity index (χ4n) is 2.05. The van der Waals surface area contributed by atoms with Crippen molar-refractivity contribution in [3.8, 4) is 0 Å². The van der Waals surface area contributed by atoms with E-state index in [1.165, 1.54) is 6.07 Å². The van der Waals surface area contributed by atoms with Crippen molar-refractivity contribution in [2.75, 3.05) is 32.8 Å². The molecule has 0 atom stereocenters. The first-order valence-electron chi connectivity index (χ1n) is 6.07. The highest BCUT2D eigenvalue weighted by atomic mass is 19.1. The number of hydrogen-bond donors (Lipinski definition) is 1. The van der Waals surface area contributed by atoms with Crippen molar-refractivity contribution in [2.24, 2.45) is 5.73 Å². The van der Waals surface area contributed by atoms with E-state index in [0.29, 0.717) is 5.56 Å². The van der Waals surface area contributed by atoms with Gasteiger partial charge in [-0.3, -0.25) is 4.90 Å². The summed E-state index contributed by atoms with van der Waals surface area (Å²) in [7, 11) is 0. The highest BCUT2D eigenvalue weighted by Crippen LogP contribution is 2.11. The van der Waals surface area contributed by atoms with E-state index in [-0.39, 0.29) is 12.4 Å². The average Bonchev–Trinajstić information content (AvgIpc) is 2.39. The molecule has 4 heteroatoms.